The molecule has 0 fully saturated rings. The second kappa shape index (κ2) is 13.1. The lowest BCUT2D eigenvalue weighted by Crippen LogP contribution is -2.51. The van der Waals surface area contributed by atoms with Gasteiger partial charge in [-0.25, -0.2) is 5.06 Å². The first kappa shape index (κ1) is 24.8. The summed E-state index contributed by atoms with van der Waals surface area (Å²) in [5.74, 6) is -1.85. The van der Waals surface area contributed by atoms with Crippen LogP contribution < -0.4 is 10.6 Å². The van der Waals surface area contributed by atoms with Crippen molar-refractivity contribution < 1.29 is 29.1 Å². The number of ether oxygens (including phenoxy) is 1. The first-order chi connectivity index (χ1) is 12.6. The number of carbonyl (C=O) groups excluding carboxylic acids is 4. The molecular weight excluding hydrogens is 354 g/mol. The molecule has 9 nitrogen and oxygen atoms in total. The Morgan fingerprint density at radius 2 is 1.67 bits per heavy atom. The van der Waals surface area contributed by atoms with Crippen LogP contribution >= 0.6 is 0 Å². The maximum Gasteiger partial charge on any atom is 0.325 e. The van der Waals surface area contributed by atoms with E-state index in [1.807, 2.05) is 27.7 Å². The highest BCUT2D eigenvalue weighted by molar-refractivity contribution is 5.90. The smallest absolute Gasteiger partial charge is 0.325 e. The summed E-state index contributed by atoms with van der Waals surface area (Å²) in [5, 5.41) is 15.0. The van der Waals surface area contributed by atoms with Crippen LogP contribution in [0.1, 0.15) is 47.5 Å². The van der Waals surface area contributed by atoms with Crippen molar-refractivity contribution in [2.24, 2.45) is 17.8 Å². The van der Waals surface area contributed by atoms with Crippen molar-refractivity contribution in [1.82, 2.24) is 15.7 Å². The SMILES string of the molecule is CCOC(=O)CNC(=O)[C@H](CC(C)C)NC(=O)C(CC(C)C)CN(O)C=O. The van der Waals surface area contributed by atoms with Crippen LogP contribution in [0.25, 0.3) is 0 Å². The molecule has 156 valence electrons. The third kappa shape index (κ3) is 11.2. The Morgan fingerprint density at radius 1 is 1.07 bits per heavy atom. The highest BCUT2D eigenvalue weighted by atomic mass is 16.5. The Balaban J connectivity index is 5.04. The molecule has 2 atom stereocenters. The third-order valence-electron chi connectivity index (χ3n) is 3.71. The first-order valence-corrected chi connectivity index (χ1v) is 9.25. The van der Waals surface area contributed by atoms with E-state index >= 15 is 0 Å². The predicted molar refractivity (Wildman–Crippen MR) is 98.5 cm³/mol. The number of nitrogens with one attached hydrogen (secondary N) is 2. The summed E-state index contributed by atoms with van der Waals surface area (Å²) >= 11 is 0. The largest absolute Gasteiger partial charge is 0.465 e. The van der Waals surface area contributed by atoms with Crippen molar-refractivity contribution in [1.29, 1.82) is 0 Å². The minimum Gasteiger partial charge on any atom is -0.465 e. The molecule has 0 saturated heterocycles. The summed E-state index contributed by atoms with van der Waals surface area (Å²) in [6.45, 7) is 9.10. The normalized spacial score (nSPS) is 13.0. The number of hydrogen-bond acceptors (Lipinski definition) is 6. The zero-order valence-electron chi connectivity index (χ0n) is 16.9. The Kier molecular flexibility index (Phi) is 12.0. The van der Waals surface area contributed by atoms with Gasteiger partial charge in [-0.15, -0.1) is 0 Å². The molecular formula is C18H33N3O6. The Bertz CT molecular complexity index is 495. The molecule has 3 N–H and O–H groups in total. The molecule has 0 saturated carbocycles. The van der Waals surface area contributed by atoms with Crippen LogP contribution in [0, 0.1) is 17.8 Å². The maximum atomic E-state index is 12.6. The van der Waals surface area contributed by atoms with Gasteiger partial charge >= 0.3 is 5.97 Å². The molecule has 0 aromatic carbocycles. The monoisotopic (exact) mass is 387 g/mol. The zero-order valence-corrected chi connectivity index (χ0v) is 16.9. The molecule has 1 unspecified atom stereocenters. The highest BCUT2D eigenvalue weighted by Crippen LogP contribution is 2.14. The van der Waals surface area contributed by atoms with Gasteiger partial charge in [0.1, 0.15) is 12.6 Å². The number of amides is 3. The first-order valence-electron chi connectivity index (χ1n) is 9.25. The molecule has 0 heterocycles. The van der Waals surface area contributed by atoms with E-state index < -0.39 is 29.7 Å². The summed E-state index contributed by atoms with van der Waals surface area (Å²) in [6.07, 6.45) is 1.05. The summed E-state index contributed by atoms with van der Waals surface area (Å²) in [6, 6.07) is -0.829. The van der Waals surface area contributed by atoms with Gasteiger partial charge in [0.15, 0.2) is 0 Å². The van der Waals surface area contributed by atoms with Gasteiger partial charge in [0.2, 0.25) is 18.2 Å². The van der Waals surface area contributed by atoms with Crippen LogP contribution in [0.5, 0.6) is 0 Å². The van der Waals surface area contributed by atoms with Gasteiger partial charge in [-0.05, 0) is 31.6 Å². The average Bonchev–Trinajstić information content (AvgIpc) is 2.57. The van der Waals surface area contributed by atoms with E-state index in [9.17, 15) is 24.4 Å². The number of hydroxylamine groups is 2. The van der Waals surface area contributed by atoms with Gasteiger partial charge in [-0.2, -0.15) is 0 Å². The average molecular weight is 387 g/mol. The van der Waals surface area contributed by atoms with Crippen molar-refractivity contribution in [3.63, 3.8) is 0 Å². The van der Waals surface area contributed by atoms with E-state index in [2.05, 4.69) is 10.6 Å². The lowest BCUT2D eigenvalue weighted by Gasteiger charge is -2.25. The van der Waals surface area contributed by atoms with Gasteiger partial charge in [-0.3, -0.25) is 24.4 Å². The topological polar surface area (TPSA) is 125 Å². The third-order valence-corrected chi connectivity index (χ3v) is 3.71. The minimum atomic E-state index is -0.829. The van der Waals surface area contributed by atoms with Gasteiger partial charge < -0.3 is 15.4 Å². The van der Waals surface area contributed by atoms with Crippen LogP contribution in [-0.4, -0.2) is 60.2 Å². The Morgan fingerprint density at radius 3 is 2.15 bits per heavy atom. The van der Waals surface area contributed by atoms with Gasteiger partial charge in [0.05, 0.1) is 19.1 Å². The maximum absolute atomic E-state index is 12.6. The predicted octanol–water partition coefficient (Wildman–Crippen LogP) is 0.707. The van der Waals surface area contributed by atoms with Crippen LogP contribution in [0.15, 0.2) is 0 Å². The second-order valence-electron chi connectivity index (χ2n) is 7.27. The van der Waals surface area contributed by atoms with Gasteiger partial charge in [0.25, 0.3) is 0 Å². The standard InChI is InChI=1S/C18H33N3O6/c1-6-27-16(23)9-19-18(25)15(8-13(4)5)20-17(24)14(7-12(2)3)10-21(26)11-22/h11-15,26H,6-10H2,1-5H3,(H,19,25)(H,20,24)/t14?,15-/m0/s1. The molecule has 27 heavy (non-hydrogen) atoms. The van der Waals surface area contributed by atoms with Crippen LogP contribution in [0.4, 0.5) is 0 Å². The van der Waals surface area contributed by atoms with Crippen molar-refractivity contribution in [3.8, 4) is 0 Å². The number of esters is 1. The van der Waals surface area contributed by atoms with E-state index in [0.29, 0.717) is 17.9 Å². The van der Waals surface area contributed by atoms with Crippen LogP contribution in [0.3, 0.4) is 0 Å². The minimum absolute atomic E-state index is 0.122. The molecule has 0 aliphatic carbocycles. The quantitative estimate of drug-likeness (QED) is 0.185. The summed E-state index contributed by atoms with van der Waals surface area (Å²) in [7, 11) is 0. The van der Waals surface area contributed by atoms with Crippen LogP contribution in [-0.2, 0) is 23.9 Å². The van der Waals surface area contributed by atoms with Crippen molar-refractivity contribution in [2.45, 2.75) is 53.5 Å². The molecule has 0 rings (SSSR count). The van der Waals surface area contributed by atoms with E-state index in [1.165, 1.54) is 0 Å². The van der Waals surface area contributed by atoms with E-state index in [4.69, 9.17) is 4.74 Å². The molecule has 0 spiro atoms. The Labute approximate surface area is 160 Å². The molecule has 0 aliphatic rings. The summed E-state index contributed by atoms with van der Waals surface area (Å²) in [5.41, 5.74) is 0. The molecule has 0 aromatic heterocycles. The summed E-state index contributed by atoms with van der Waals surface area (Å²) < 4.78 is 4.76. The van der Waals surface area contributed by atoms with Gasteiger partial charge in [0, 0.05) is 0 Å². The number of hydrogen-bond donors (Lipinski definition) is 3. The number of nitrogens with zero attached hydrogens (tertiary/aromatic N) is 1. The summed E-state index contributed by atoms with van der Waals surface area (Å²) in [4.78, 5) is 47.1. The molecule has 0 radical (unpaired) electrons. The molecule has 9 heteroatoms. The van der Waals surface area contributed by atoms with E-state index in [1.54, 1.807) is 6.92 Å². The Hall–Kier alpha value is -2.16. The number of rotatable bonds is 13. The second-order valence-corrected chi connectivity index (χ2v) is 7.27. The fourth-order valence-electron chi connectivity index (χ4n) is 2.59. The molecule has 0 bridgehead atoms. The fraction of sp³-hybridized carbons (Fsp3) is 0.778. The lowest BCUT2D eigenvalue weighted by atomic mass is 9.95. The fourth-order valence-corrected chi connectivity index (χ4v) is 2.59. The molecule has 3 amide bonds. The molecule has 0 aliphatic heterocycles. The van der Waals surface area contributed by atoms with Crippen molar-refractivity contribution >= 4 is 24.2 Å². The lowest BCUT2D eigenvalue weighted by molar-refractivity contribution is -0.155. The van der Waals surface area contributed by atoms with Crippen LogP contribution in [0.2, 0.25) is 0 Å². The molecule has 0 aromatic rings. The van der Waals surface area contributed by atoms with E-state index in [-0.39, 0.29) is 37.9 Å². The van der Waals surface area contributed by atoms with Gasteiger partial charge in [-0.1, -0.05) is 27.7 Å². The zero-order chi connectivity index (χ0) is 21.0. The number of carbonyl (C=O) groups is 4. The van der Waals surface area contributed by atoms with Crippen molar-refractivity contribution in [3.05, 3.63) is 0 Å². The van der Waals surface area contributed by atoms with E-state index in [0.717, 1.165) is 0 Å². The van der Waals surface area contributed by atoms with Crippen molar-refractivity contribution in [2.75, 3.05) is 19.7 Å². The highest BCUT2D eigenvalue weighted by Gasteiger charge is 2.28.